The molecule has 0 spiro atoms. The van der Waals surface area contributed by atoms with Gasteiger partial charge in [0.15, 0.2) is 0 Å². The Kier molecular flexibility index (Phi) is 19.3. The summed E-state index contributed by atoms with van der Waals surface area (Å²) in [5.74, 6) is -0.175. The highest BCUT2D eigenvalue weighted by molar-refractivity contribution is 7.99. The molecular formula is C29H45N5O8S. The van der Waals surface area contributed by atoms with Crippen molar-refractivity contribution in [1.82, 2.24) is 19.8 Å². The molecule has 5 N–H and O–H groups in total. The van der Waals surface area contributed by atoms with E-state index >= 15 is 0 Å². The molecule has 0 aromatic carbocycles. The van der Waals surface area contributed by atoms with Crippen LogP contribution in [-0.4, -0.2) is 138 Å². The number of nitrogens with two attached hydrogens (primary N) is 1. The van der Waals surface area contributed by atoms with E-state index in [9.17, 15) is 19.8 Å². The molecule has 2 aromatic heterocycles. The predicted octanol–water partition coefficient (Wildman–Crippen LogP) is 1.30. The van der Waals surface area contributed by atoms with E-state index in [1.807, 2.05) is 22.7 Å². The predicted molar refractivity (Wildman–Crippen MR) is 163 cm³/mol. The lowest BCUT2D eigenvalue weighted by atomic mass is 10.3. The van der Waals surface area contributed by atoms with Gasteiger partial charge in [-0.2, -0.15) is 11.8 Å². The molecule has 13 nitrogen and oxygen atoms in total. The number of aliphatic hydroxyl groups excluding tert-OH is 1. The van der Waals surface area contributed by atoms with E-state index < -0.39 is 11.9 Å². The first-order valence-electron chi connectivity index (χ1n) is 14.4. The number of hydrogen-bond donors (Lipinski definition) is 4. The molecule has 0 saturated carbocycles. The highest BCUT2D eigenvalue weighted by Crippen LogP contribution is 2.06. The fourth-order valence-electron chi connectivity index (χ4n) is 3.97. The number of rotatable bonds is 26. The third-order valence-electron chi connectivity index (χ3n) is 6.11. The van der Waals surface area contributed by atoms with E-state index in [1.165, 1.54) is 12.1 Å². The molecule has 2 heterocycles. The molecule has 0 radical (unpaired) electrons. The maximum absolute atomic E-state index is 11.3. The summed E-state index contributed by atoms with van der Waals surface area (Å²) in [6, 6.07) is 9.82. The molecule has 0 bridgehead atoms. The minimum Gasteiger partial charge on any atom is -0.477 e. The molecular weight excluding hydrogens is 578 g/mol. The van der Waals surface area contributed by atoms with Crippen LogP contribution in [0.15, 0.2) is 36.4 Å². The van der Waals surface area contributed by atoms with E-state index in [4.69, 9.17) is 25.1 Å². The van der Waals surface area contributed by atoms with Gasteiger partial charge in [0.1, 0.15) is 11.4 Å². The molecule has 0 aliphatic heterocycles. The molecule has 0 amide bonds. The summed E-state index contributed by atoms with van der Waals surface area (Å²) in [6.07, 6.45) is 0.961. The van der Waals surface area contributed by atoms with Crippen molar-refractivity contribution in [2.45, 2.75) is 19.5 Å². The molecule has 0 unspecified atom stereocenters. The van der Waals surface area contributed by atoms with Crippen LogP contribution in [0.4, 0.5) is 0 Å². The van der Waals surface area contributed by atoms with Crippen molar-refractivity contribution < 1.29 is 39.1 Å². The van der Waals surface area contributed by atoms with Crippen LogP contribution in [0.25, 0.3) is 0 Å². The SMILES string of the molecule is NCCSCCCOCCN(CCOCCOCCN(CCO)Cc1cccc(C(=O)O)n1)Cc1cccc(C(=O)O)n1. The van der Waals surface area contributed by atoms with Gasteiger partial charge in [0.05, 0.1) is 51.0 Å². The smallest absolute Gasteiger partial charge is 0.354 e. The topological polar surface area (TPSA) is 181 Å². The lowest BCUT2D eigenvalue weighted by Gasteiger charge is -2.22. The van der Waals surface area contributed by atoms with Gasteiger partial charge in [-0.15, -0.1) is 0 Å². The van der Waals surface area contributed by atoms with Gasteiger partial charge in [-0.25, -0.2) is 19.6 Å². The van der Waals surface area contributed by atoms with Crippen molar-refractivity contribution in [3.05, 3.63) is 59.2 Å². The Morgan fingerprint density at radius 1 is 0.721 bits per heavy atom. The Bertz CT molecular complexity index is 1070. The van der Waals surface area contributed by atoms with E-state index in [0.717, 1.165) is 17.9 Å². The molecule has 2 aromatic rings. The lowest BCUT2D eigenvalue weighted by molar-refractivity contribution is 0.0244. The van der Waals surface area contributed by atoms with Crippen LogP contribution in [0.3, 0.4) is 0 Å². The highest BCUT2D eigenvalue weighted by Gasteiger charge is 2.12. The molecule has 0 atom stereocenters. The minimum absolute atomic E-state index is 0.0136. The van der Waals surface area contributed by atoms with Crippen molar-refractivity contribution in [1.29, 1.82) is 0 Å². The summed E-state index contributed by atoms with van der Waals surface area (Å²) >= 11 is 1.82. The largest absolute Gasteiger partial charge is 0.477 e. The zero-order chi connectivity index (χ0) is 31.1. The average molecular weight is 624 g/mol. The van der Waals surface area contributed by atoms with Crippen molar-refractivity contribution in [2.75, 3.05) is 90.5 Å². The monoisotopic (exact) mass is 623 g/mol. The molecule has 43 heavy (non-hydrogen) atoms. The minimum atomic E-state index is -1.08. The van der Waals surface area contributed by atoms with E-state index in [-0.39, 0.29) is 18.0 Å². The number of nitrogens with zero attached hydrogens (tertiary/aromatic N) is 4. The summed E-state index contributed by atoms with van der Waals surface area (Å²) in [5, 5.41) is 27.8. The maximum atomic E-state index is 11.3. The van der Waals surface area contributed by atoms with Crippen LogP contribution in [0.5, 0.6) is 0 Å². The molecule has 14 heteroatoms. The molecule has 240 valence electrons. The Morgan fingerprint density at radius 3 is 1.67 bits per heavy atom. The normalized spacial score (nSPS) is 11.4. The Balaban J connectivity index is 1.70. The number of aromatic nitrogens is 2. The first-order chi connectivity index (χ1) is 20.9. The fourth-order valence-corrected chi connectivity index (χ4v) is 4.66. The van der Waals surface area contributed by atoms with Crippen molar-refractivity contribution in [3.63, 3.8) is 0 Å². The summed E-state index contributed by atoms with van der Waals surface area (Å²) in [7, 11) is 0. The highest BCUT2D eigenvalue weighted by atomic mass is 32.2. The first kappa shape index (κ1) is 36.5. The van der Waals surface area contributed by atoms with Gasteiger partial charge < -0.3 is 35.3 Å². The molecule has 0 aliphatic carbocycles. The molecule has 0 saturated heterocycles. The van der Waals surface area contributed by atoms with Gasteiger partial charge in [-0.3, -0.25) is 9.80 Å². The Hall–Kier alpha value is -2.69. The zero-order valence-corrected chi connectivity index (χ0v) is 25.5. The standard InChI is InChI=1S/C29H45N5O8S/c30-8-21-43-20-3-14-40-15-11-34(23-25-5-2-7-27(32-25)29(38)39)12-17-42-19-18-41-16-10-33(9-13-35)22-24-4-1-6-26(31-24)28(36)37/h1-2,4-7,35H,3,8-23,30H2,(H,36,37)(H,38,39). The number of thioether (sulfide) groups is 1. The van der Waals surface area contributed by atoms with Gasteiger partial charge in [0.25, 0.3) is 0 Å². The van der Waals surface area contributed by atoms with Gasteiger partial charge in [-0.05, 0) is 36.4 Å². The number of carbonyl (C=O) groups is 2. The third-order valence-corrected chi connectivity index (χ3v) is 7.21. The number of ether oxygens (including phenoxy) is 3. The van der Waals surface area contributed by atoms with Crippen LogP contribution in [0.2, 0.25) is 0 Å². The summed E-state index contributed by atoms with van der Waals surface area (Å²) in [5.41, 5.74) is 6.79. The Morgan fingerprint density at radius 2 is 1.21 bits per heavy atom. The quantitative estimate of drug-likeness (QED) is 0.110. The number of pyridine rings is 2. The fraction of sp³-hybridized carbons (Fsp3) is 0.586. The molecule has 2 rings (SSSR count). The van der Waals surface area contributed by atoms with Gasteiger partial charge >= 0.3 is 11.9 Å². The van der Waals surface area contributed by atoms with Crippen LogP contribution in [-0.2, 0) is 27.3 Å². The summed E-state index contributed by atoms with van der Waals surface area (Å²) in [4.78, 5) is 34.9. The van der Waals surface area contributed by atoms with Crippen molar-refractivity contribution in [2.24, 2.45) is 5.73 Å². The van der Waals surface area contributed by atoms with E-state index in [1.54, 1.807) is 18.2 Å². The Labute approximate surface area is 257 Å². The number of carboxylic acids is 2. The molecule has 0 fully saturated rings. The van der Waals surface area contributed by atoms with Crippen LogP contribution in [0, 0.1) is 0 Å². The van der Waals surface area contributed by atoms with E-state index in [2.05, 4.69) is 14.9 Å². The summed E-state index contributed by atoms with van der Waals surface area (Å²) < 4.78 is 17.3. The second-order valence-electron chi connectivity index (χ2n) is 9.51. The van der Waals surface area contributed by atoms with Gasteiger partial charge in [0, 0.05) is 58.2 Å². The van der Waals surface area contributed by atoms with Gasteiger partial charge in [-0.1, -0.05) is 12.1 Å². The van der Waals surface area contributed by atoms with Crippen LogP contribution in [0.1, 0.15) is 38.8 Å². The summed E-state index contributed by atoms with van der Waals surface area (Å²) in [6.45, 7) is 6.64. The number of aromatic carboxylic acids is 2. The zero-order valence-electron chi connectivity index (χ0n) is 24.6. The second-order valence-corrected chi connectivity index (χ2v) is 10.7. The van der Waals surface area contributed by atoms with Crippen LogP contribution < -0.4 is 5.73 Å². The first-order valence-corrected chi connectivity index (χ1v) is 15.5. The van der Waals surface area contributed by atoms with Crippen molar-refractivity contribution >= 4 is 23.7 Å². The number of hydrogen-bond acceptors (Lipinski definition) is 12. The van der Waals surface area contributed by atoms with Crippen LogP contribution >= 0.6 is 11.8 Å². The van der Waals surface area contributed by atoms with Crippen molar-refractivity contribution in [3.8, 4) is 0 Å². The number of aliphatic hydroxyl groups is 1. The molecule has 0 aliphatic rings. The average Bonchev–Trinajstić information content (AvgIpc) is 2.99. The maximum Gasteiger partial charge on any atom is 0.354 e. The van der Waals surface area contributed by atoms with Gasteiger partial charge in [0.2, 0.25) is 0 Å². The second kappa shape index (κ2) is 22.8. The lowest BCUT2D eigenvalue weighted by Crippen LogP contribution is -2.32. The number of carboxylic acid groups (broad SMARTS) is 2. The van der Waals surface area contributed by atoms with E-state index in [0.29, 0.717) is 96.8 Å². The third kappa shape index (κ3) is 16.7.